The first-order valence-corrected chi connectivity index (χ1v) is 10.7. The molecule has 2 bridgehead atoms. The summed E-state index contributed by atoms with van der Waals surface area (Å²) in [6, 6.07) is 5.92. The fourth-order valence-corrected chi connectivity index (χ4v) is 5.96. The Bertz CT molecular complexity index is 1190. The lowest BCUT2D eigenvalue weighted by Crippen LogP contribution is -2.30. The Morgan fingerprint density at radius 2 is 1.72 bits per heavy atom. The predicted octanol–water partition coefficient (Wildman–Crippen LogP) is 5.15. The first-order chi connectivity index (χ1) is 15.2. The minimum absolute atomic E-state index is 0.0846. The molecule has 0 N–H and O–H groups in total. The predicted molar refractivity (Wildman–Crippen MR) is 108 cm³/mol. The first-order valence-electron chi connectivity index (χ1n) is 10.3. The number of hydrazone groups is 1. The molecule has 2 heterocycles. The van der Waals surface area contributed by atoms with Gasteiger partial charge in [-0.05, 0) is 60.4 Å². The largest absolute Gasteiger partial charge is 0.455 e. The standard InChI is InChI=1S/C23H16ClF3N2O3/c24-16-5-1-11(23(25,26)27)9-13(16)17-6-2-12(32-17)10-28-29-20(30)18-14-3-4-15(19(18)21(29)31)22(14)7-8-22/h1-6,9-10,14-15,18-19H,7-8H2/t14-,15-,18-,19-/m1/s1. The minimum Gasteiger partial charge on any atom is -0.455 e. The number of benzene rings is 1. The van der Waals surface area contributed by atoms with Crippen LogP contribution in [-0.4, -0.2) is 23.0 Å². The van der Waals surface area contributed by atoms with Crippen molar-refractivity contribution in [2.45, 2.75) is 19.0 Å². The van der Waals surface area contributed by atoms with E-state index in [9.17, 15) is 22.8 Å². The topological polar surface area (TPSA) is 62.9 Å². The van der Waals surface area contributed by atoms with Crippen molar-refractivity contribution in [3.63, 3.8) is 0 Å². The summed E-state index contributed by atoms with van der Waals surface area (Å²) in [5.41, 5.74) is -0.655. The average molecular weight is 461 g/mol. The molecule has 1 saturated heterocycles. The van der Waals surface area contributed by atoms with Crippen LogP contribution < -0.4 is 0 Å². The van der Waals surface area contributed by atoms with Crippen LogP contribution in [0, 0.1) is 29.1 Å². The first kappa shape index (κ1) is 19.8. The quantitative estimate of drug-likeness (QED) is 0.361. The molecule has 4 aliphatic rings. The van der Waals surface area contributed by atoms with Gasteiger partial charge in [-0.1, -0.05) is 23.8 Å². The molecular formula is C23H16ClF3N2O3. The molecule has 1 aromatic carbocycles. The Labute approximate surface area is 185 Å². The summed E-state index contributed by atoms with van der Waals surface area (Å²) >= 11 is 6.06. The van der Waals surface area contributed by atoms with Crippen molar-refractivity contribution in [3.05, 3.63) is 58.8 Å². The van der Waals surface area contributed by atoms with Gasteiger partial charge in [0.15, 0.2) is 0 Å². The molecule has 2 saturated carbocycles. The highest BCUT2D eigenvalue weighted by molar-refractivity contribution is 6.33. The molecule has 9 heteroatoms. The van der Waals surface area contributed by atoms with Gasteiger partial charge < -0.3 is 4.42 Å². The van der Waals surface area contributed by atoms with Crippen molar-refractivity contribution in [3.8, 4) is 11.3 Å². The average Bonchev–Trinajstić information content (AvgIpc) is 3.03. The van der Waals surface area contributed by atoms with Crippen LogP contribution in [0.3, 0.4) is 0 Å². The maximum Gasteiger partial charge on any atom is 0.416 e. The Morgan fingerprint density at radius 1 is 1.06 bits per heavy atom. The number of halogens is 4. The number of carbonyl (C=O) groups is 2. The zero-order chi connectivity index (χ0) is 22.4. The lowest BCUT2D eigenvalue weighted by molar-refractivity contribution is -0.141. The van der Waals surface area contributed by atoms with Crippen LogP contribution in [0.15, 0.2) is 52.0 Å². The Kier molecular flexibility index (Phi) is 3.92. The summed E-state index contributed by atoms with van der Waals surface area (Å²) < 4.78 is 44.7. The van der Waals surface area contributed by atoms with Gasteiger partial charge in [-0.3, -0.25) is 9.59 Å². The highest BCUT2D eigenvalue weighted by atomic mass is 35.5. The van der Waals surface area contributed by atoms with E-state index in [1.165, 1.54) is 18.3 Å². The maximum absolute atomic E-state index is 13.0. The van der Waals surface area contributed by atoms with E-state index in [2.05, 4.69) is 17.3 Å². The fraction of sp³-hybridized carbons (Fsp3) is 0.348. The molecule has 1 aliphatic heterocycles. The summed E-state index contributed by atoms with van der Waals surface area (Å²) in [7, 11) is 0. The monoisotopic (exact) mass is 460 g/mol. The van der Waals surface area contributed by atoms with E-state index in [1.54, 1.807) is 0 Å². The number of allylic oxidation sites excluding steroid dienone is 2. The highest BCUT2D eigenvalue weighted by Crippen LogP contribution is 2.73. The third kappa shape index (κ3) is 2.62. The molecule has 1 aromatic heterocycles. The summed E-state index contributed by atoms with van der Waals surface area (Å²) in [5.74, 6) is -0.789. The number of amides is 2. The van der Waals surface area contributed by atoms with E-state index in [-0.39, 0.29) is 63.0 Å². The number of nitrogens with zero attached hydrogens (tertiary/aromatic N) is 2. The molecule has 1 spiro atoms. The smallest absolute Gasteiger partial charge is 0.416 e. The molecule has 5 nitrogen and oxygen atoms in total. The second kappa shape index (κ2) is 6.34. The van der Waals surface area contributed by atoms with Crippen LogP contribution >= 0.6 is 11.6 Å². The van der Waals surface area contributed by atoms with E-state index >= 15 is 0 Å². The van der Waals surface area contributed by atoms with E-state index in [0.29, 0.717) is 0 Å². The number of hydrogen-bond acceptors (Lipinski definition) is 4. The van der Waals surface area contributed by atoms with Crippen LogP contribution in [-0.2, 0) is 15.8 Å². The summed E-state index contributed by atoms with van der Waals surface area (Å²) in [6.07, 6.45) is 2.98. The van der Waals surface area contributed by atoms with Gasteiger partial charge in [-0.2, -0.15) is 23.3 Å². The van der Waals surface area contributed by atoms with Crippen LogP contribution in [0.1, 0.15) is 24.2 Å². The van der Waals surface area contributed by atoms with E-state index in [1.807, 2.05) is 0 Å². The number of imide groups is 1. The molecule has 3 aliphatic carbocycles. The Hall–Kier alpha value is -2.87. The third-order valence-corrected chi connectivity index (χ3v) is 7.65. The van der Waals surface area contributed by atoms with Crippen molar-refractivity contribution < 1.29 is 27.2 Å². The fourth-order valence-electron chi connectivity index (χ4n) is 5.75. The second-order valence-corrected chi connectivity index (χ2v) is 9.26. The number of carbonyl (C=O) groups excluding carboxylic acids is 2. The Morgan fingerprint density at radius 3 is 2.31 bits per heavy atom. The van der Waals surface area contributed by atoms with Gasteiger partial charge in [0.1, 0.15) is 11.5 Å². The van der Waals surface area contributed by atoms with Gasteiger partial charge in [0.25, 0.3) is 11.8 Å². The second-order valence-electron chi connectivity index (χ2n) is 8.85. The molecule has 164 valence electrons. The lowest BCUT2D eigenvalue weighted by atomic mass is 9.85. The van der Waals surface area contributed by atoms with Crippen molar-refractivity contribution in [1.29, 1.82) is 0 Å². The summed E-state index contributed by atoms with van der Waals surface area (Å²) in [6.45, 7) is 0. The van der Waals surface area contributed by atoms with Gasteiger partial charge in [0.2, 0.25) is 0 Å². The van der Waals surface area contributed by atoms with Crippen LogP contribution in [0.2, 0.25) is 5.02 Å². The Balaban J connectivity index is 1.24. The number of furan rings is 1. The van der Waals surface area contributed by atoms with Gasteiger partial charge in [0.05, 0.1) is 28.6 Å². The minimum atomic E-state index is -4.52. The van der Waals surface area contributed by atoms with Crippen LogP contribution in [0.5, 0.6) is 0 Å². The van der Waals surface area contributed by atoms with Crippen LogP contribution in [0.25, 0.3) is 11.3 Å². The molecule has 0 radical (unpaired) electrons. The molecule has 32 heavy (non-hydrogen) atoms. The number of fused-ring (bicyclic) bond motifs is 3. The van der Waals surface area contributed by atoms with Gasteiger partial charge in [-0.25, -0.2) is 0 Å². The van der Waals surface area contributed by atoms with Gasteiger partial charge >= 0.3 is 6.18 Å². The molecular weight excluding hydrogens is 445 g/mol. The zero-order valence-corrected chi connectivity index (χ0v) is 17.2. The third-order valence-electron chi connectivity index (χ3n) is 7.32. The van der Waals surface area contributed by atoms with Crippen molar-refractivity contribution in [1.82, 2.24) is 5.01 Å². The molecule has 6 rings (SSSR count). The molecule has 3 fully saturated rings. The normalized spacial score (nSPS) is 29.7. The van der Waals surface area contributed by atoms with Crippen LogP contribution in [0.4, 0.5) is 13.2 Å². The van der Waals surface area contributed by atoms with Gasteiger partial charge in [-0.15, -0.1) is 0 Å². The summed E-state index contributed by atoms with van der Waals surface area (Å²) in [4.78, 5) is 25.9. The van der Waals surface area contributed by atoms with E-state index in [4.69, 9.17) is 16.0 Å². The summed E-state index contributed by atoms with van der Waals surface area (Å²) in [5, 5.41) is 5.08. The molecule has 4 atom stereocenters. The SMILES string of the molecule is O=C1[C@H]2[C@H](C(=O)N1N=Cc1ccc(-c3cc(C(F)(F)F)ccc3Cl)o1)[C@H]1C=C[C@H]2C12CC2. The molecule has 0 unspecified atom stereocenters. The maximum atomic E-state index is 13.0. The zero-order valence-electron chi connectivity index (χ0n) is 16.5. The number of alkyl halides is 3. The van der Waals surface area contributed by atoms with Gasteiger partial charge in [0, 0.05) is 5.56 Å². The van der Waals surface area contributed by atoms with Crippen molar-refractivity contribution in [2.24, 2.45) is 34.2 Å². The van der Waals surface area contributed by atoms with Crippen molar-refractivity contribution in [2.75, 3.05) is 0 Å². The van der Waals surface area contributed by atoms with Crippen molar-refractivity contribution >= 4 is 29.6 Å². The van der Waals surface area contributed by atoms with E-state index in [0.717, 1.165) is 36.0 Å². The van der Waals surface area contributed by atoms with E-state index < -0.39 is 11.7 Å². The number of hydrogen-bond donors (Lipinski definition) is 0. The highest BCUT2D eigenvalue weighted by Gasteiger charge is 2.73. The lowest BCUT2D eigenvalue weighted by Gasteiger charge is -2.18. The molecule has 2 aromatic rings. The molecule has 2 amide bonds. The number of rotatable bonds is 3.